The maximum Gasteiger partial charge on any atom is 0.274 e. The lowest BCUT2D eigenvalue weighted by Crippen LogP contribution is -2.24. The third-order valence-corrected chi connectivity index (χ3v) is 4.54. The largest absolute Gasteiger partial charge is 0.325 e. The summed E-state index contributed by atoms with van der Waals surface area (Å²) in [7, 11) is 1.60. The summed E-state index contributed by atoms with van der Waals surface area (Å²) < 4.78 is 1.28. The fraction of sp³-hybridized carbons (Fsp3) is 0.167. The van der Waals surface area contributed by atoms with Crippen LogP contribution in [-0.4, -0.2) is 21.9 Å². The first-order chi connectivity index (χ1) is 11.6. The molecule has 1 aromatic heterocycles. The van der Waals surface area contributed by atoms with Gasteiger partial charge in [-0.2, -0.15) is 5.10 Å². The van der Waals surface area contributed by atoms with Crippen molar-refractivity contribution in [2.45, 2.75) is 11.3 Å². The van der Waals surface area contributed by atoms with Crippen molar-refractivity contribution < 1.29 is 4.79 Å². The molecule has 2 aromatic carbocycles. The van der Waals surface area contributed by atoms with E-state index in [1.807, 2.05) is 48.7 Å². The van der Waals surface area contributed by atoms with Gasteiger partial charge in [-0.05, 0) is 24.5 Å². The summed E-state index contributed by atoms with van der Waals surface area (Å²) in [5.41, 5.74) is 1.21. The topological polar surface area (TPSA) is 64.0 Å². The van der Waals surface area contributed by atoms with Gasteiger partial charge in [-0.15, -0.1) is 11.8 Å². The number of carbonyl (C=O) groups excluding carboxylic acids is 1. The summed E-state index contributed by atoms with van der Waals surface area (Å²) in [6.45, 7) is 0. The average Bonchev–Trinajstić information content (AvgIpc) is 2.60. The monoisotopic (exact) mass is 339 g/mol. The van der Waals surface area contributed by atoms with E-state index in [4.69, 9.17) is 0 Å². The highest BCUT2D eigenvalue weighted by atomic mass is 32.2. The maximum atomic E-state index is 12.4. The zero-order valence-electron chi connectivity index (χ0n) is 13.4. The highest BCUT2D eigenvalue weighted by Crippen LogP contribution is 2.24. The standard InChI is InChI=1S/C18H17N3O2S/c1-21-18(23)13-8-4-3-7-12(13)15(20-21)11-17(22)19-14-9-5-6-10-16(14)24-2/h3-10H,11H2,1-2H3,(H,19,22). The lowest BCUT2D eigenvalue weighted by atomic mass is 10.1. The van der Waals surface area contributed by atoms with Crippen molar-refractivity contribution >= 4 is 34.1 Å². The molecule has 0 saturated heterocycles. The summed E-state index contributed by atoms with van der Waals surface area (Å²) in [6, 6.07) is 14.9. The minimum atomic E-state index is -0.164. The lowest BCUT2D eigenvalue weighted by Gasteiger charge is -2.11. The van der Waals surface area contributed by atoms with Gasteiger partial charge in [0.15, 0.2) is 0 Å². The first kappa shape index (κ1) is 16.3. The minimum Gasteiger partial charge on any atom is -0.325 e. The number of thioether (sulfide) groups is 1. The summed E-state index contributed by atoms with van der Waals surface area (Å²) in [5, 5.41) is 8.47. The van der Waals surface area contributed by atoms with Crippen LogP contribution in [0.2, 0.25) is 0 Å². The number of amides is 1. The highest BCUT2D eigenvalue weighted by Gasteiger charge is 2.13. The summed E-state index contributed by atoms with van der Waals surface area (Å²) in [5.74, 6) is -0.159. The Morgan fingerprint density at radius 2 is 1.79 bits per heavy atom. The molecule has 5 nitrogen and oxygen atoms in total. The van der Waals surface area contributed by atoms with Gasteiger partial charge in [0.05, 0.1) is 23.2 Å². The number of anilines is 1. The van der Waals surface area contributed by atoms with E-state index in [0.717, 1.165) is 10.6 Å². The molecule has 0 atom stereocenters. The van der Waals surface area contributed by atoms with Crippen molar-refractivity contribution in [3.05, 3.63) is 64.6 Å². The third-order valence-electron chi connectivity index (χ3n) is 3.74. The zero-order valence-corrected chi connectivity index (χ0v) is 14.3. The van der Waals surface area contributed by atoms with Gasteiger partial charge in [-0.1, -0.05) is 30.3 Å². The predicted molar refractivity (Wildman–Crippen MR) is 97.5 cm³/mol. The Kier molecular flexibility index (Phi) is 4.66. The van der Waals surface area contributed by atoms with Gasteiger partial charge >= 0.3 is 0 Å². The molecular formula is C18H17N3O2S. The molecule has 0 fully saturated rings. The van der Waals surface area contributed by atoms with Gasteiger partial charge in [-0.3, -0.25) is 9.59 Å². The SMILES string of the molecule is CSc1ccccc1NC(=O)Cc1nn(C)c(=O)c2ccccc12. The fourth-order valence-electron chi connectivity index (χ4n) is 2.60. The molecule has 3 rings (SSSR count). The summed E-state index contributed by atoms with van der Waals surface area (Å²) in [6.07, 6.45) is 2.07. The average molecular weight is 339 g/mol. The van der Waals surface area contributed by atoms with E-state index in [0.29, 0.717) is 16.5 Å². The van der Waals surface area contributed by atoms with Crippen LogP contribution < -0.4 is 10.9 Å². The minimum absolute atomic E-state index is 0.108. The van der Waals surface area contributed by atoms with Crippen LogP contribution in [0.4, 0.5) is 5.69 Å². The van der Waals surface area contributed by atoms with Gasteiger partial charge in [0.2, 0.25) is 5.91 Å². The molecule has 0 aliphatic heterocycles. The van der Waals surface area contributed by atoms with Crippen molar-refractivity contribution in [2.75, 3.05) is 11.6 Å². The van der Waals surface area contributed by atoms with Crippen molar-refractivity contribution in [1.29, 1.82) is 0 Å². The number of aromatic nitrogens is 2. The number of rotatable bonds is 4. The normalized spacial score (nSPS) is 10.8. The van der Waals surface area contributed by atoms with Crippen LogP contribution in [0.25, 0.3) is 10.8 Å². The maximum absolute atomic E-state index is 12.4. The molecule has 1 N–H and O–H groups in total. The van der Waals surface area contributed by atoms with Crippen LogP contribution in [0.15, 0.2) is 58.2 Å². The lowest BCUT2D eigenvalue weighted by molar-refractivity contribution is -0.115. The molecule has 3 aromatic rings. The number of nitrogens with one attached hydrogen (secondary N) is 1. The molecule has 0 unspecified atom stereocenters. The van der Waals surface area contributed by atoms with E-state index >= 15 is 0 Å². The Labute approximate surface area is 143 Å². The van der Waals surface area contributed by atoms with Gasteiger partial charge in [-0.25, -0.2) is 4.68 Å². The number of carbonyl (C=O) groups is 1. The molecule has 24 heavy (non-hydrogen) atoms. The molecule has 0 saturated carbocycles. The highest BCUT2D eigenvalue weighted by molar-refractivity contribution is 7.98. The number of nitrogens with zero attached hydrogens (tertiary/aromatic N) is 2. The Morgan fingerprint density at radius 1 is 1.12 bits per heavy atom. The molecule has 6 heteroatoms. The van der Waals surface area contributed by atoms with E-state index in [1.165, 1.54) is 4.68 Å². The second-order valence-corrected chi connectivity index (χ2v) is 6.19. The van der Waals surface area contributed by atoms with Crippen molar-refractivity contribution in [1.82, 2.24) is 9.78 Å². The van der Waals surface area contributed by atoms with Crippen molar-refractivity contribution in [3.8, 4) is 0 Å². The molecular weight excluding hydrogens is 322 g/mol. The molecule has 1 heterocycles. The smallest absolute Gasteiger partial charge is 0.274 e. The van der Waals surface area contributed by atoms with Crippen LogP contribution >= 0.6 is 11.8 Å². The number of para-hydroxylation sites is 1. The van der Waals surface area contributed by atoms with Crippen LogP contribution in [0, 0.1) is 0 Å². The van der Waals surface area contributed by atoms with E-state index in [-0.39, 0.29) is 17.9 Å². The molecule has 1 amide bonds. The zero-order chi connectivity index (χ0) is 17.1. The molecule has 0 aliphatic rings. The first-order valence-corrected chi connectivity index (χ1v) is 8.70. The van der Waals surface area contributed by atoms with Crippen LogP contribution in [0.1, 0.15) is 5.69 Å². The van der Waals surface area contributed by atoms with Gasteiger partial charge < -0.3 is 5.32 Å². The second-order valence-electron chi connectivity index (χ2n) is 5.35. The van der Waals surface area contributed by atoms with Gasteiger partial charge in [0.25, 0.3) is 5.56 Å². The summed E-state index contributed by atoms with van der Waals surface area (Å²) >= 11 is 1.57. The van der Waals surface area contributed by atoms with E-state index in [9.17, 15) is 9.59 Å². The molecule has 0 radical (unpaired) electrons. The van der Waals surface area contributed by atoms with Crippen LogP contribution in [0.5, 0.6) is 0 Å². The Bertz CT molecular complexity index is 966. The van der Waals surface area contributed by atoms with Crippen molar-refractivity contribution in [3.63, 3.8) is 0 Å². The molecule has 0 bridgehead atoms. The predicted octanol–water partition coefficient (Wildman–Crippen LogP) is 2.84. The first-order valence-electron chi connectivity index (χ1n) is 7.48. The number of hydrogen-bond acceptors (Lipinski definition) is 4. The van der Waals surface area contributed by atoms with Gasteiger partial charge in [0.1, 0.15) is 0 Å². The fourth-order valence-corrected chi connectivity index (χ4v) is 3.15. The van der Waals surface area contributed by atoms with Crippen LogP contribution in [0.3, 0.4) is 0 Å². The summed E-state index contributed by atoms with van der Waals surface area (Å²) in [4.78, 5) is 25.6. The van der Waals surface area contributed by atoms with E-state index in [2.05, 4.69) is 10.4 Å². The Hall–Kier alpha value is -2.60. The Balaban J connectivity index is 1.91. The van der Waals surface area contributed by atoms with E-state index in [1.54, 1.807) is 24.9 Å². The Morgan fingerprint density at radius 3 is 2.54 bits per heavy atom. The van der Waals surface area contributed by atoms with Gasteiger partial charge in [0, 0.05) is 17.3 Å². The second kappa shape index (κ2) is 6.88. The molecule has 0 spiro atoms. The van der Waals surface area contributed by atoms with Crippen molar-refractivity contribution in [2.24, 2.45) is 7.05 Å². The number of fused-ring (bicyclic) bond motifs is 1. The van der Waals surface area contributed by atoms with Crippen LogP contribution in [-0.2, 0) is 18.3 Å². The molecule has 0 aliphatic carbocycles. The number of hydrogen-bond donors (Lipinski definition) is 1. The number of benzene rings is 2. The molecule has 122 valence electrons. The van der Waals surface area contributed by atoms with E-state index < -0.39 is 0 Å². The third kappa shape index (κ3) is 3.19. The number of aryl methyl sites for hydroxylation is 1. The quantitative estimate of drug-likeness (QED) is 0.743.